The van der Waals surface area contributed by atoms with E-state index in [0.29, 0.717) is 0 Å². The van der Waals surface area contributed by atoms with Crippen molar-refractivity contribution in [1.29, 1.82) is 0 Å². The summed E-state index contributed by atoms with van der Waals surface area (Å²) in [6.45, 7) is 4.14. The van der Waals surface area contributed by atoms with E-state index in [1.165, 1.54) is 5.56 Å². The third-order valence-electron chi connectivity index (χ3n) is 3.14. The van der Waals surface area contributed by atoms with E-state index in [2.05, 4.69) is 23.0 Å². The zero-order valence-corrected chi connectivity index (χ0v) is 10.5. The predicted octanol–water partition coefficient (Wildman–Crippen LogP) is 3.91. The Labute approximate surface area is 106 Å². The van der Waals surface area contributed by atoms with Crippen LogP contribution < -0.4 is 0 Å². The number of nitrogens with zero attached hydrogens (tertiary/aromatic N) is 2. The molecular formula is C16H14N2. The number of hydrogen-bond acceptors (Lipinski definition) is 2. The first kappa shape index (κ1) is 10.9. The number of fused-ring (bicyclic) bond motifs is 1. The molecule has 2 heteroatoms. The minimum Gasteiger partial charge on any atom is -0.233 e. The average Bonchev–Trinajstić information content (AvgIpc) is 2.39. The van der Waals surface area contributed by atoms with Crippen LogP contribution in [0.15, 0.2) is 48.5 Å². The van der Waals surface area contributed by atoms with Gasteiger partial charge in [-0.25, -0.2) is 9.97 Å². The van der Waals surface area contributed by atoms with E-state index < -0.39 is 0 Å². The third kappa shape index (κ3) is 1.76. The minimum absolute atomic E-state index is 0.797. The van der Waals surface area contributed by atoms with E-state index in [-0.39, 0.29) is 0 Å². The van der Waals surface area contributed by atoms with Crippen molar-refractivity contribution in [2.75, 3.05) is 0 Å². The minimum atomic E-state index is 0.797. The maximum absolute atomic E-state index is 4.66. The van der Waals surface area contributed by atoms with Crippen LogP contribution in [-0.4, -0.2) is 9.97 Å². The number of benzene rings is 2. The molecule has 0 atom stereocenters. The zero-order chi connectivity index (χ0) is 12.5. The summed E-state index contributed by atoms with van der Waals surface area (Å²) in [7, 11) is 0. The van der Waals surface area contributed by atoms with Crippen LogP contribution in [0.3, 0.4) is 0 Å². The van der Waals surface area contributed by atoms with E-state index in [4.69, 9.17) is 0 Å². The van der Waals surface area contributed by atoms with Gasteiger partial charge in [0.2, 0.25) is 0 Å². The molecule has 1 aromatic heterocycles. The van der Waals surface area contributed by atoms with Crippen molar-refractivity contribution in [3.8, 4) is 11.4 Å². The second-order valence-electron chi connectivity index (χ2n) is 4.47. The second-order valence-corrected chi connectivity index (χ2v) is 4.47. The molecule has 0 spiro atoms. The largest absolute Gasteiger partial charge is 0.233 e. The van der Waals surface area contributed by atoms with Crippen molar-refractivity contribution in [2.24, 2.45) is 0 Å². The summed E-state index contributed by atoms with van der Waals surface area (Å²) in [5, 5.41) is 1.16. The molecule has 0 amide bonds. The highest BCUT2D eigenvalue weighted by atomic mass is 14.9. The van der Waals surface area contributed by atoms with Gasteiger partial charge in [-0.15, -0.1) is 0 Å². The molecule has 0 saturated heterocycles. The molecule has 0 aliphatic carbocycles. The highest BCUT2D eigenvalue weighted by molar-refractivity contribution is 5.85. The molecule has 3 rings (SSSR count). The molecule has 0 unspecified atom stereocenters. The molecule has 0 N–H and O–H groups in total. The van der Waals surface area contributed by atoms with Crippen molar-refractivity contribution < 1.29 is 0 Å². The maximum Gasteiger partial charge on any atom is 0.160 e. The lowest BCUT2D eigenvalue weighted by Gasteiger charge is -2.07. The number of rotatable bonds is 1. The Kier molecular flexibility index (Phi) is 2.56. The highest BCUT2D eigenvalue weighted by Crippen LogP contribution is 2.23. The fourth-order valence-electron chi connectivity index (χ4n) is 2.29. The van der Waals surface area contributed by atoms with Gasteiger partial charge in [0.25, 0.3) is 0 Å². The Morgan fingerprint density at radius 1 is 0.778 bits per heavy atom. The topological polar surface area (TPSA) is 25.8 Å². The van der Waals surface area contributed by atoms with Crippen LogP contribution in [0.25, 0.3) is 22.3 Å². The second kappa shape index (κ2) is 4.22. The molecule has 0 radical (unpaired) electrons. The van der Waals surface area contributed by atoms with Gasteiger partial charge in [-0.2, -0.15) is 0 Å². The van der Waals surface area contributed by atoms with Crippen molar-refractivity contribution in [2.45, 2.75) is 13.8 Å². The van der Waals surface area contributed by atoms with Gasteiger partial charge in [0.05, 0.1) is 5.52 Å². The lowest BCUT2D eigenvalue weighted by atomic mass is 10.1. The molecule has 0 aliphatic rings. The first-order valence-electron chi connectivity index (χ1n) is 6.05. The first-order chi connectivity index (χ1) is 8.75. The lowest BCUT2D eigenvalue weighted by molar-refractivity contribution is 1.15. The SMILES string of the molecule is Cc1cccc2nc(-c3ccccc3)nc(C)c12. The maximum atomic E-state index is 4.66. The highest BCUT2D eigenvalue weighted by Gasteiger charge is 2.07. The molecular weight excluding hydrogens is 220 g/mol. The molecule has 3 aromatic rings. The molecule has 1 heterocycles. The fourth-order valence-corrected chi connectivity index (χ4v) is 2.29. The number of hydrogen-bond donors (Lipinski definition) is 0. The Morgan fingerprint density at radius 3 is 2.33 bits per heavy atom. The van der Waals surface area contributed by atoms with E-state index in [1.807, 2.05) is 49.4 Å². The van der Waals surface area contributed by atoms with Crippen molar-refractivity contribution >= 4 is 10.9 Å². The van der Waals surface area contributed by atoms with Gasteiger partial charge in [0.1, 0.15) is 0 Å². The lowest BCUT2D eigenvalue weighted by Crippen LogP contribution is -1.95. The molecule has 0 saturated carbocycles. The Hall–Kier alpha value is -2.22. The van der Waals surface area contributed by atoms with Crippen molar-refractivity contribution in [3.63, 3.8) is 0 Å². The van der Waals surface area contributed by atoms with Gasteiger partial charge >= 0.3 is 0 Å². The molecule has 2 aromatic carbocycles. The van der Waals surface area contributed by atoms with Crippen LogP contribution in [0, 0.1) is 13.8 Å². The molecule has 0 bridgehead atoms. The standard InChI is InChI=1S/C16H14N2/c1-11-7-6-10-14-15(11)12(2)17-16(18-14)13-8-4-3-5-9-13/h3-10H,1-2H3. The van der Waals surface area contributed by atoms with E-state index in [9.17, 15) is 0 Å². The van der Waals surface area contributed by atoms with Crippen LogP contribution in [0.5, 0.6) is 0 Å². The summed E-state index contributed by atoms with van der Waals surface area (Å²) < 4.78 is 0. The van der Waals surface area contributed by atoms with Gasteiger partial charge in [-0.3, -0.25) is 0 Å². The van der Waals surface area contributed by atoms with Crippen molar-refractivity contribution in [1.82, 2.24) is 9.97 Å². The Morgan fingerprint density at radius 2 is 1.56 bits per heavy atom. The molecule has 0 aliphatic heterocycles. The Balaban J connectivity index is 2.29. The quantitative estimate of drug-likeness (QED) is 0.638. The van der Waals surface area contributed by atoms with Crippen LogP contribution in [0.1, 0.15) is 11.3 Å². The summed E-state index contributed by atoms with van der Waals surface area (Å²) in [6, 6.07) is 16.3. The van der Waals surface area contributed by atoms with Crippen molar-refractivity contribution in [3.05, 3.63) is 59.8 Å². The van der Waals surface area contributed by atoms with Gasteiger partial charge in [-0.05, 0) is 25.5 Å². The summed E-state index contributed by atoms with van der Waals surface area (Å²) >= 11 is 0. The Bertz CT molecular complexity index is 703. The number of aryl methyl sites for hydroxylation is 2. The van der Waals surface area contributed by atoms with Crippen LogP contribution >= 0.6 is 0 Å². The number of aromatic nitrogens is 2. The summed E-state index contributed by atoms with van der Waals surface area (Å²) in [6.07, 6.45) is 0. The average molecular weight is 234 g/mol. The first-order valence-corrected chi connectivity index (χ1v) is 6.05. The predicted molar refractivity (Wildman–Crippen MR) is 74.4 cm³/mol. The van der Waals surface area contributed by atoms with Gasteiger partial charge < -0.3 is 0 Å². The normalized spacial score (nSPS) is 10.8. The van der Waals surface area contributed by atoms with E-state index in [0.717, 1.165) is 28.0 Å². The van der Waals surface area contributed by atoms with Gasteiger partial charge in [-0.1, -0.05) is 42.5 Å². The van der Waals surface area contributed by atoms with Crippen LogP contribution in [-0.2, 0) is 0 Å². The van der Waals surface area contributed by atoms with Crippen LogP contribution in [0.4, 0.5) is 0 Å². The smallest absolute Gasteiger partial charge is 0.160 e. The molecule has 18 heavy (non-hydrogen) atoms. The summed E-state index contributed by atoms with van der Waals surface area (Å²) in [4.78, 5) is 9.28. The monoisotopic (exact) mass is 234 g/mol. The fraction of sp³-hybridized carbons (Fsp3) is 0.125. The van der Waals surface area contributed by atoms with Gasteiger partial charge in [0, 0.05) is 16.6 Å². The summed E-state index contributed by atoms with van der Waals surface area (Å²) in [5.74, 6) is 0.797. The molecule has 2 nitrogen and oxygen atoms in total. The zero-order valence-electron chi connectivity index (χ0n) is 10.5. The third-order valence-corrected chi connectivity index (χ3v) is 3.14. The van der Waals surface area contributed by atoms with Gasteiger partial charge in [0.15, 0.2) is 5.82 Å². The molecule has 88 valence electrons. The van der Waals surface area contributed by atoms with E-state index >= 15 is 0 Å². The summed E-state index contributed by atoms with van der Waals surface area (Å²) in [5.41, 5.74) is 4.34. The molecule has 0 fully saturated rings. The van der Waals surface area contributed by atoms with E-state index in [1.54, 1.807) is 0 Å². The van der Waals surface area contributed by atoms with Crippen LogP contribution in [0.2, 0.25) is 0 Å².